The van der Waals surface area contributed by atoms with E-state index in [1.165, 1.54) is 17.0 Å². The largest absolute Gasteiger partial charge is 0.444 e. The van der Waals surface area contributed by atoms with Crippen LogP contribution in [0.4, 0.5) is 13.6 Å². The van der Waals surface area contributed by atoms with Crippen LogP contribution in [-0.2, 0) is 16.0 Å². The zero-order valence-electron chi connectivity index (χ0n) is 22.4. The monoisotopic (exact) mass is 555 g/mol. The number of hydrogen-bond donors (Lipinski definition) is 2. The number of hydrogen-bond acceptors (Lipinski definition) is 7. The number of pyridine rings is 1. The first-order valence-corrected chi connectivity index (χ1v) is 12.9. The van der Waals surface area contributed by atoms with Crippen LogP contribution in [0.5, 0.6) is 0 Å². The lowest BCUT2D eigenvalue weighted by atomic mass is 9.91. The first-order chi connectivity index (χ1) is 19.0. The van der Waals surface area contributed by atoms with Gasteiger partial charge in [-0.05, 0) is 51.5 Å². The summed E-state index contributed by atoms with van der Waals surface area (Å²) >= 11 is 0. The summed E-state index contributed by atoms with van der Waals surface area (Å²) in [5.41, 5.74) is -0.0884. The fourth-order valence-corrected chi connectivity index (χ4v) is 4.31. The van der Waals surface area contributed by atoms with Gasteiger partial charge in [-0.25, -0.2) is 13.6 Å². The number of amides is 3. The van der Waals surface area contributed by atoms with E-state index < -0.39 is 41.2 Å². The highest BCUT2D eigenvalue weighted by Gasteiger charge is 2.38. The molecule has 2 aromatic heterocycles. The highest BCUT2D eigenvalue weighted by Crippen LogP contribution is 2.25. The average Bonchev–Trinajstić information content (AvgIpc) is 3.38. The fourth-order valence-electron chi connectivity index (χ4n) is 4.31. The van der Waals surface area contributed by atoms with Gasteiger partial charge in [0.1, 0.15) is 17.2 Å². The molecule has 0 bridgehead atoms. The summed E-state index contributed by atoms with van der Waals surface area (Å²) in [7, 11) is 0. The lowest BCUT2D eigenvalue weighted by molar-refractivity contribution is -0.127. The van der Waals surface area contributed by atoms with Crippen LogP contribution in [0.2, 0.25) is 0 Å². The van der Waals surface area contributed by atoms with Gasteiger partial charge in [-0.1, -0.05) is 11.2 Å². The molecule has 3 amide bonds. The van der Waals surface area contributed by atoms with E-state index >= 15 is 0 Å². The maximum Gasteiger partial charge on any atom is 0.410 e. The lowest BCUT2D eigenvalue weighted by Crippen LogP contribution is -2.57. The number of rotatable bonds is 7. The predicted octanol–water partition coefficient (Wildman–Crippen LogP) is 3.73. The van der Waals surface area contributed by atoms with Crippen molar-refractivity contribution < 1.29 is 32.4 Å². The summed E-state index contributed by atoms with van der Waals surface area (Å²) < 4.78 is 38.0. The molecule has 12 heteroatoms. The van der Waals surface area contributed by atoms with Gasteiger partial charge >= 0.3 is 6.09 Å². The first-order valence-electron chi connectivity index (χ1n) is 12.9. The molecule has 0 saturated carbocycles. The van der Waals surface area contributed by atoms with Crippen LogP contribution in [0.3, 0.4) is 0 Å². The van der Waals surface area contributed by atoms with Crippen LogP contribution in [-0.4, -0.2) is 64.2 Å². The highest BCUT2D eigenvalue weighted by atomic mass is 19.1. The smallest absolute Gasteiger partial charge is 0.410 e. The number of piperidine rings is 1. The van der Waals surface area contributed by atoms with Crippen molar-refractivity contribution >= 4 is 17.9 Å². The molecule has 10 nitrogen and oxygen atoms in total. The van der Waals surface area contributed by atoms with Gasteiger partial charge in [-0.3, -0.25) is 14.6 Å². The molecule has 0 radical (unpaired) electrons. The Morgan fingerprint density at radius 2 is 1.95 bits per heavy atom. The molecule has 1 aliphatic rings. The fraction of sp³-hybridized carbons (Fsp3) is 0.393. The van der Waals surface area contributed by atoms with Gasteiger partial charge in [0.25, 0.3) is 5.91 Å². The maximum absolute atomic E-state index is 14.2. The van der Waals surface area contributed by atoms with Gasteiger partial charge in [-0.15, -0.1) is 0 Å². The molecule has 212 valence electrons. The first kappa shape index (κ1) is 28.7. The van der Waals surface area contributed by atoms with E-state index in [-0.39, 0.29) is 42.4 Å². The van der Waals surface area contributed by atoms with Crippen molar-refractivity contribution in [2.75, 3.05) is 19.6 Å². The van der Waals surface area contributed by atoms with Gasteiger partial charge in [0.15, 0.2) is 11.5 Å². The number of carbonyl (C=O) groups excluding carboxylic acids is 3. The van der Waals surface area contributed by atoms with E-state index in [9.17, 15) is 23.2 Å². The Kier molecular flexibility index (Phi) is 8.76. The van der Waals surface area contributed by atoms with Crippen LogP contribution < -0.4 is 10.6 Å². The topological polar surface area (TPSA) is 127 Å². The van der Waals surface area contributed by atoms with Crippen molar-refractivity contribution in [2.24, 2.45) is 5.92 Å². The number of aromatic nitrogens is 2. The standard InChI is InChI=1S/C28H31F2N5O5/c1-28(2,3)39-27(38)35-13-10-22(20(16-35)25(36)32-12-9-18-6-4-5-11-31-18)33-26(37)23-15-24(40-34-23)19-8-7-17(29)14-21(19)30/h4-8,11,14-15,20,22H,9-10,12-13,16H2,1-3H3,(H,32,36)(H,33,37)/t20-,22-/m1/s1. The van der Waals surface area contributed by atoms with Gasteiger partial charge in [0.05, 0.1) is 11.5 Å². The van der Waals surface area contributed by atoms with E-state index in [4.69, 9.17) is 9.26 Å². The van der Waals surface area contributed by atoms with E-state index in [2.05, 4.69) is 20.8 Å². The second kappa shape index (κ2) is 12.2. The minimum atomic E-state index is -0.861. The minimum absolute atomic E-state index is 0.0279. The molecule has 1 aliphatic heterocycles. The van der Waals surface area contributed by atoms with Crippen molar-refractivity contribution in [1.82, 2.24) is 25.7 Å². The molecule has 0 unspecified atom stereocenters. The number of benzene rings is 1. The molecule has 1 fully saturated rings. The zero-order valence-corrected chi connectivity index (χ0v) is 22.4. The van der Waals surface area contributed by atoms with Crippen molar-refractivity contribution in [2.45, 2.75) is 45.3 Å². The number of likely N-dealkylation sites (tertiary alicyclic amines) is 1. The van der Waals surface area contributed by atoms with Crippen LogP contribution in [0.15, 0.2) is 53.2 Å². The molecule has 0 aliphatic carbocycles. The van der Waals surface area contributed by atoms with Gasteiger partial charge < -0.3 is 24.8 Å². The molecular formula is C28H31F2N5O5. The SMILES string of the molecule is CC(C)(C)OC(=O)N1CC[C@@H](NC(=O)c2cc(-c3ccc(F)cc3F)on2)[C@H](C(=O)NCCc2ccccn2)C1. The third-order valence-electron chi connectivity index (χ3n) is 6.26. The quantitative estimate of drug-likeness (QED) is 0.455. The number of nitrogens with one attached hydrogen (secondary N) is 2. The van der Waals surface area contributed by atoms with Crippen LogP contribution in [0.1, 0.15) is 43.4 Å². The Bertz CT molecular complexity index is 1360. The van der Waals surface area contributed by atoms with Crippen LogP contribution in [0, 0.1) is 17.6 Å². The number of nitrogens with zero attached hydrogens (tertiary/aromatic N) is 3. The Morgan fingerprint density at radius 1 is 1.15 bits per heavy atom. The molecule has 0 spiro atoms. The van der Waals surface area contributed by atoms with E-state index in [0.29, 0.717) is 19.0 Å². The van der Waals surface area contributed by atoms with E-state index in [1.807, 2.05) is 12.1 Å². The van der Waals surface area contributed by atoms with Crippen molar-refractivity contribution in [1.29, 1.82) is 0 Å². The summed E-state index contributed by atoms with van der Waals surface area (Å²) in [5.74, 6) is -3.43. The molecule has 1 aromatic carbocycles. The third kappa shape index (κ3) is 7.39. The third-order valence-corrected chi connectivity index (χ3v) is 6.26. The molecule has 4 rings (SSSR count). The van der Waals surface area contributed by atoms with Crippen LogP contribution in [0.25, 0.3) is 11.3 Å². The second-order valence-electron chi connectivity index (χ2n) is 10.5. The molecule has 40 heavy (non-hydrogen) atoms. The van der Waals surface area contributed by atoms with Gasteiger partial charge in [-0.2, -0.15) is 0 Å². The number of halogens is 2. The van der Waals surface area contributed by atoms with E-state index in [0.717, 1.165) is 11.8 Å². The van der Waals surface area contributed by atoms with E-state index in [1.54, 1.807) is 33.0 Å². The molecule has 2 atom stereocenters. The van der Waals surface area contributed by atoms with Crippen molar-refractivity contribution in [3.63, 3.8) is 0 Å². The summed E-state index contributed by atoms with van der Waals surface area (Å²) in [6.45, 7) is 5.86. The second-order valence-corrected chi connectivity index (χ2v) is 10.5. The number of carbonyl (C=O) groups is 3. The Labute approximate surface area is 230 Å². The molecule has 1 saturated heterocycles. The Morgan fingerprint density at radius 3 is 2.65 bits per heavy atom. The minimum Gasteiger partial charge on any atom is -0.444 e. The Hall–Kier alpha value is -4.35. The molecule has 3 aromatic rings. The average molecular weight is 556 g/mol. The zero-order chi connectivity index (χ0) is 28.9. The molecule has 3 heterocycles. The summed E-state index contributed by atoms with van der Waals surface area (Å²) in [6, 6.07) is 9.07. The van der Waals surface area contributed by atoms with Crippen molar-refractivity contribution in [3.8, 4) is 11.3 Å². The molecular weight excluding hydrogens is 524 g/mol. The summed E-state index contributed by atoms with van der Waals surface area (Å²) in [4.78, 5) is 44.7. The summed E-state index contributed by atoms with van der Waals surface area (Å²) in [6.07, 6.45) is 1.91. The maximum atomic E-state index is 14.2. The highest BCUT2D eigenvalue weighted by molar-refractivity contribution is 5.94. The lowest BCUT2D eigenvalue weighted by Gasteiger charge is -2.38. The van der Waals surface area contributed by atoms with Crippen molar-refractivity contribution in [3.05, 3.63) is 71.7 Å². The summed E-state index contributed by atoms with van der Waals surface area (Å²) in [5, 5.41) is 9.39. The molecule has 2 N–H and O–H groups in total. The Balaban J connectivity index is 1.46. The predicted molar refractivity (Wildman–Crippen MR) is 140 cm³/mol. The van der Waals surface area contributed by atoms with Gasteiger partial charge in [0.2, 0.25) is 5.91 Å². The number of ether oxygens (including phenoxy) is 1. The normalized spacial score (nSPS) is 17.3. The van der Waals surface area contributed by atoms with Crippen LogP contribution >= 0.6 is 0 Å². The van der Waals surface area contributed by atoms with Gasteiger partial charge in [0, 0.05) is 56.1 Å².